The minimum Gasteiger partial charge on any atom is -0.493 e. The molecule has 1 aromatic rings. The summed E-state index contributed by atoms with van der Waals surface area (Å²) in [6, 6.07) is -0.402. The highest BCUT2D eigenvalue weighted by Gasteiger charge is 2.28. The van der Waals surface area contributed by atoms with Crippen LogP contribution < -0.4 is 16.0 Å². The molecule has 1 rings (SSSR count). The first kappa shape index (κ1) is 16.7. The van der Waals surface area contributed by atoms with E-state index >= 15 is 0 Å². The summed E-state index contributed by atoms with van der Waals surface area (Å²) in [6.07, 6.45) is -2.51. The lowest BCUT2D eigenvalue weighted by molar-refractivity contribution is -0.174. The van der Waals surface area contributed by atoms with Crippen molar-refractivity contribution < 1.29 is 22.6 Å². The Morgan fingerprint density at radius 2 is 2.20 bits per heavy atom. The van der Waals surface area contributed by atoms with Gasteiger partial charge in [0.2, 0.25) is 0 Å². The van der Waals surface area contributed by atoms with Gasteiger partial charge in [0.05, 0.1) is 25.0 Å². The molecule has 0 radical (unpaired) electrons. The van der Waals surface area contributed by atoms with Crippen molar-refractivity contribution >= 4 is 0 Å². The molecule has 0 spiro atoms. The zero-order chi connectivity index (χ0) is 15.2. The van der Waals surface area contributed by atoms with Gasteiger partial charge in [0, 0.05) is 13.2 Å². The van der Waals surface area contributed by atoms with Gasteiger partial charge in [0.25, 0.3) is 0 Å². The maximum Gasteiger partial charge on any atom is 0.411 e. The molecule has 1 aromatic heterocycles. The summed E-state index contributed by atoms with van der Waals surface area (Å²) >= 11 is 0. The molecule has 0 saturated heterocycles. The fourth-order valence-electron chi connectivity index (χ4n) is 1.83. The van der Waals surface area contributed by atoms with Crippen LogP contribution in [0.5, 0.6) is 5.75 Å². The number of rotatable bonds is 8. The smallest absolute Gasteiger partial charge is 0.411 e. The van der Waals surface area contributed by atoms with E-state index < -0.39 is 18.8 Å². The van der Waals surface area contributed by atoms with Crippen molar-refractivity contribution in [3.8, 4) is 5.75 Å². The summed E-state index contributed by atoms with van der Waals surface area (Å²) in [6.45, 7) is 1.14. The van der Waals surface area contributed by atoms with Crippen molar-refractivity contribution in [1.82, 2.24) is 15.2 Å². The molecule has 9 heteroatoms. The number of nitrogens with one attached hydrogen (secondary N) is 1. The molecule has 0 aliphatic rings. The van der Waals surface area contributed by atoms with E-state index in [9.17, 15) is 13.2 Å². The van der Waals surface area contributed by atoms with Crippen molar-refractivity contribution in [3.05, 3.63) is 11.9 Å². The van der Waals surface area contributed by atoms with E-state index in [1.807, 2.05) is 6.92 Å². The fourth-order valence-corrected chi connectivity index (χ4v) is 1.83. The highest BCUT2D eigenvalue weighted by atomic mass is 19.4. The van der Waals surface area contributed by atoms with Crippen LogP contribution in [0.2, 0.25) is 0 Å². The lowest BCUT2D eigenvalue weighted by atomic mass is 10.1. The number of hydrazine groups is 1. The minimum atomic E-state index is -4.32. The summed E-state index contributed by atoms with van der Waals surface area (Å²) in [4.78, 5) is 0. The topological polar surface area (TPSA) is 74.3 Å². The van der Waals surface area contributed by atoms with Crippen LogP contribution in [0.25, 0.3) is 0 Å². The Bertz CT molecular complexity index is 387. The Morgan fingerprint density at radius 1 is 1.50 bits per heavy atom. The molecule has 0 aliphatic heterocycles. The number of hydrogen-bond acceptors (Lipinski definition) is 5. The molecule has 1 unspecified atom stereocenters. The summed E-state index contributed by atoms with van der Waals surface area (Å²) in [5.74, 6) is 5.99. The standard InChI is InChI=1S/C11H19F3N4O2/c1-3-18-10(9(19-2)6-16-18)8(17-15)4-5-20-7-11(12,13)14/h6,8,17H,3-5,7,15H2,1-2H3. The highest BCUT2D eigenvalue weighted by molar-refractivity contribution is 5.28. The molecule has 0 bridgehead atoms. The van der Waals surface area contributed by atoms with Crippen molar-refractivity contribution in [3.63, 3.8) is 0 Å². The monoisotopic (exact) mass is 296 g/mol. The van der Waals surface area contributed by atoms with Crippen molar-refractivity contribution in [2.24, 2.45) is 5.84 Å². The Labute approximate surface area is 115 Å². The summed E-state index contributed by atoms with van der Waals surface area (Å²) < 4.78 is 47.3. The maximum atomic E-state index is 12.0. The Kier molecular flexibility index (Phi) is 6.24. The Hall–Kier alpha value is -1.32. The normalized spacial score (nSPS) is 13.5. The largest absolute Gasteiger partial charge is 0.493 e. The lowest BCUT2D eigenvalue weighted by Gasteiger charge is -2.18. The van der Waals surface area contributed by atoms with Crippen LogP contribution in [-0.4, -0.2) is 36.3 Å². The molecule has 20 heavy (non-hydrogen) atoms. The van der Waals surface area contributed by atoms with Crippen LogP contribution >= 0.6 is 0 Å². The second kappa shape index (κ2) is 7.46. The van der Waals surface area contributed by atoms with E-state index in [4.69, 9.17) is 10.6 Å². The lowest BCUT2D eigenvalue weighted by Crippen LogP contribution is -2.31. The van der Waals surface area contributed by atoms with Crippen LogP contribution in [0.1, 0.15) is 25.1 Å². The molecule has 1 heterocycles. The van der Waals surface area contributed by atoms with Crippen molar-refractivity contribution in [2.45, 2.75) is 32.1 Å². The molecule has 3 N–H and O–H groups in total. The molecule has 0 aliphatic carbocycles. The van der Waals surface area contributed by atoms with Crippen LogP contribution in [-0.2, 0) is 11.3 Å². The predicted octanol–water partition coefficient (Wildman–Crippen LogP) is 1.38. The van der Waals surface area contributed by atoms with Crippen LogP contribution in [0.4, 0.5) is 13.2 Å². The number of aryl methyl sites for hydroxylation is 1. The zero-order valence-corrected chi connectivity index (χ0v) is 11.4. The zero-order valence-electron chi connectivity index (χ0n) is 11.4. The van der Waals surface area contributed by atoms with Crippen LogP contribution in [0.15, 0.2) is 6.20 Å². The first-order valence-electron chi connectivity index (χ1n) is 6.13. The minimum absolute atomic E-state index is 0.0770. The molecule has 0 fully saturated rings. The van der Waals surface area contributed by atoms with Crippen molar-refractivity contribution in [2.75, 3.05) is 20.3 Å². The quantitative estimate of drug-likeness (QED) is 0.431. The van der Waals surface area contributed by atoms with Gasteiger partial charge >= 0.3 is 6.18 Å². The molecule has 0 aromatic carbocycles. The summed E-state index contributed by atoms with van der Waals surface area (Å²) in [5.41, 5.74) is 3.24. The highest BCUT2D eigenvalue weighted by Crippen LogP contribution is 2.27. The van der Waals surface area contributed by atoms with Crippen LogP contribution in [0.3, 0.4) is 0 Å². The second-order valence-corrected chi connectivity index (χ2v) is 4.09. The maximum absolute atomic E-state index is 12.0. The predicted molar refractivity (Wildman–Crippen MR) is 66.0 cm³/mol. The number of hydrogen-bond donors (Lipinski definition) is 2. The van der Waals surface area contributed by atoms with E-state index in [0.717, 1.165) is 0 Å². The molecule has 6 nitrogen and oxygen atoms in total. The van der Waals surface area contributed by atoms with Crippen molar-refractivity contribution in [1.29, 1.82) is 0 Å². The first-order chi connectivity index (χ1) is 9.42. The van der Waals surface area contributed by atoms with E-state index in [-0.39, 0.29) is 13.0 Å². The van der Waals surface area contributed by atoms with E-state index in [1.165, 1.54) is 7.11 Å². The first-order valence-corrected chi connectivity index (χ1v) is 6.13. The molecule has 0 amide bonds. The van der Waals surface area contributed by atoms with Crippen LogP contribution in [0, 0.1) is 0 Å². The van der Waals surface area contributed by atoms with Gasteiger partial charge in [-0.2, -0.15) is 18.3 Å². The van der Waals surface area contributed by atoms with Gasteiger partial charge in [0.1, 0.15) is 6.61 Å². The number of ether oxygens (including phenoxy) is 2. The molecular weight excluding hydrogens is 277 g/mol. The second-order valence-electron chi connectivity index (χ2n) is 4.09. The fraction of sp³-hybridized carbons (Fsp3) is 0.727. The van der Waals surface area contributed by atoms with Gasteiger partial charge in [0.15, 0.2) is 5.75 Å². The third-order valence-electron chi connectivity index (χ3n) is 2.71. The van der Waals surface area contributed by atoms with Gasteiger partial charge in [-0.25, -0.2) is 0 Å². The average Bonchev–Trinajstić information content (AvgIpc) is 2.80. The summed E-state index contributed by atoms with van der Waals surface area (Å²) in [5, 5.41) is 4.12. The van der Waals surface area contributed by atoms with Gasteiger partial charge < -0.3 is 9.47 Å². The van der Waals surface area contributed by atoms with Gasteiger partial charge in [-0.3, -0.25) is 16.0 Å². The number of methoxy groups -OCH3 is 1. The van der Waals surface area contributed by atoms with Gasteiger partial charge in [-0.15, -0.1) is 0 Å². The Balaban J connectivity index is 2.64. The van der Waals surface area contributed by atoms with Gasteiger partial charge in [-0.05, 0) is 13.3 Å². The number of alkyl halides is 3. The van der Waals surface area contributed by atoms with E-state index in [0.29, 0.717) is 18.0 Å². The van der Waals surface area contributed by atoms with Gasteiger partial charge in [-0.1, -0.05) is 0 Å². The number of aromatic nitrogens is 2. The average molecular weight is 296 g/mol. The molecule has 116 valence electrons. The third kappa shape index (κ3) is 4.66. The molecular formula is C11H19F3N4O2. The Morgan fingerprint density at radius 3 is 2.70 bits per heavy atom. The SMILES string of the molecule is CCn1ncc(OC)c1C(CCOCC(F)(F)F)NN. The van der Waals surface area contributed by atoms with E-state index in [2.05, 4.69) is 15.3 Å². The number of nitrogens with two attached hydrogens (primary N) is 1. The molecule has 1 atom stereocenters. The van der Waals surface area contributed by atoms with E-state index in [1.54, 1.807) is 10.9 Å². The third-order valence-corrected chi connectivity index (χ3v) is 2.71. The summed E-state index contributed by atoms with van der Waals surface area (Å²) in [7, 11) is 1.49. The molecule has 0 saturated carbocycles. The number of nitrogens with zero attached hydrogens (tertiary/aromatic N) is 2. The number of halogens is 3.